The lowest BCUT2D eigenvalue weighted by Crippen LogP contribution is -2.23. The number of halogens is 1. The number of benzene rings is 2. The van der Waals surface area contributed by atoms with Crippen LogP contribution in [0.15, 0.2) is 48.0 Å². The Labute approximate surface area is 140 Å². The zero-order valence-corrected chi connectivity index (χ0v) is 13.1. The Morgan fingerprint density at radius 3 is 2.43 bits per heavy atom. The molecular formula is C14H10ClN3O4S. The van der Waals surface area contributed by atoms with E-state index < -0.39 is 11.0 Å². The summed E-state index contributed by atoms with van der Waals surface area (Å²) in [6.07, 6.45) is -1.17. The molecule has 0 spiro atoms. The molecular weight excluding hydrogens is 342 g/mol. The zero-order chi connectivity index (χ0) is 15.7. The third kappa shape index (κ3) is 3.22. The summed E-state index contributed by atoms with van der Waals surface area (Å²) in [7, 11) is 0. The summed E-state index contributed by atoms with van der Waals surface area (Å²) < 4.78 is 0.866. The Kier molecular flexibility index (Phi) is 4.77. The molecule has 7 nitrogen and oxygen atoms in total. The fourth-order valence-electron chi connectivity index (χ4n) is 2.08. The number of hydrogen-bond donors (Lipinski definition) is 1. The van der Waals surface area contributed by atoms with Crippen LogP contribution in [-0.2, 0) is 0 Å². The highest BCUT2D eigenvalue weighted by Gasteiger charge is 2.18. The molecule has 3 rings (SSSR count). The largest absolute Gasteiger partial charge is 0.464 e. The summed E-state index contributed by atoms with van der Waals surface area (Å²) >= 11 is 1.41. The van der Waals surface area contributed by atoms with Crippen molar-refractivity contribution in [3.8, 4) is 0 Å². The molecule has 0 bridgehead atoms. The number of carboxylic acid groups (broad SMARTS) is 1. The number of hydrogen-bond acceptors (Lipinski definition) is 5. The number of nitrogens with zero attached hydrogens (tertiary/aromatic N) is 3. The van der Waals surface area contributed by atoms with Crippen molar-refractivity contribution in [2.75, 3.05) is 4.90 Å². The highest BCUT2D eigenvalue weighted by molar-refractivity contribution is 7.16. The second-order valence-corrected chi connectivity index (χ2v) is 5.28. The standard InChI is InChI=1S/C14H9N3O4S.ClH/c18-14(19)16(9-1-3-10(4-2-9)17(20)21)11-5-6-12-13(7-11)22-8-15-12;/h1-8H,(H,18,19);1H. The lowest BCUT2D eigenvalue weighted by molar-refractivity contribution is -0.384. The van der Waals surface area contributed by atoms with Crippen LogP contribution in [0.3, 0.4) is 0 Å². The second kappa shape index (κ2) is 6.59. The molecule has 3 aromatic rings. The first-order chi connectivity index (χ1) is 10.6. The number of nitro groups is 1. The zero-order valence-electron chi connectivity index (χ0n) is 11.4. The van der Waals surface area contributed by atoms with Crippen molar-refractivity contribution < 1.29 is 14.8 Å². The molecule has 1 heterocycles. The Bertz CT molecular complexity index is 866. The van der Waals surface area contributed by atoms with Gasteiger partial charge in [0, 0.05) is 12.1 Å². The van der Waals surface area contributed by atoms with Crippen molar-refractivity contribution in [2.45, 2.75) is 0 Å². The molecule has 0 radical (unpaired) electrons. The van der Waals surface area contributed by atoms with E-state index in [4.69, 9.17) is 0 Å². The Morgan fingerprint density at radius 1 is 1.17 bits per heavy atom. The van der Waals surface area contributed by atoms with Crippen molar-refractivity contribution in [3.63, 3.8) is 0 Å². The minimum Gasteiger partial charge on any atom is -0.464 e. The third-order valence-electron chi connectivity index (χ3n) is 3.08. The molecule has 0 saturated carbocycles. The molecule has 0 aliphatic heterocycles. The molecule has 0 aliphatic rings. The number of amides is 1. The van der Waals surface area contributed by atoms with Gasteiger partial charge in [-0.2, -0.15) is 0 Å². The third-order valence-corrected chi connectivity index (χ3v) is 3.87. The SMILES string of the molecule is Cl.O=C(O)N(c1ccc([N+](=O)[O-])cc1)c1ccc2ncsc2c1. The van der Waals surface area contributed by atoms with Gasteiger partial charge in [-0.25, -0.2) is 14.7 Å². The molecule has 9 heteroatoms. The molecule has 118 valence electrons. The van der Waals surface area contributed by atoms with Crippen LogP contribution in [0.2, 0.25) is 0 Å². The van der Waals surface area contributed by atoms with Crippen LogP contribution in [0, 0.1) is 10.1 Å². The fourth-order valence-corrected chi connectivity index (χ4v) is 2.79. The summed E-state index contributed by atoms with van der Waals surface area (Å²) in [5.74, 6) is 0. The first-order valence-corrected chi connectivity index (χ1v) is 7.05. The van der Waals surface area contributed by atoms with Gasteiger partial charge in [0.2, 0.25) is 0 Å². The number of carbonyl (C=O) groups is 1. The predicted octanol–water partition coefficient (Wildman–Crippen LogP) is 4.44. The number of thiazole rings is 1. The number of rotatable bonds is 3. The topological polar surface area (TPSA) is 96.6 Å². The highest BCUT2D eigenvalue weighted by Crippen LogP contribution is 2.30. The van der Waals surface area contributed by atoms with E-state index in [1.165, 1.54) is 35.6 Å². The van der Waals surface area contributed by atoms with Crippen molar-refractivity contribution in [1.29, 1.82) is 0 Å². The second-order valence-electron chi connectivity index (χ2n) is 4.40. The maximum absolute atomic E-state index is 11.6. The smallest absolute Gasteiger partial charge is 0.416 e. The fraction of sp³-hybridized carbons (Fsp3) is 0. The van der Waals surface area contributed by atoms with E-state index in [2.05, 4.69) is 4.98 Å². The maximum atomic E-state index is 11.6. The minimum atomic E-state index is -1.17. The molecule has 1 N–H and O–H groups in total. The van der Waals surface area contributed by atoms with Gasteiger partial charge in [0.15, 0.2) is 0 Å². The first kappa shape index (κ1) is 16.7. The average molecular weight is 352 g/mol. The molecule has 0 atom stereocenters. The van der Waals surface area contributed by atoms with Gasteiger partial charge in [-0.15, -0.1) is 23.7 Å². The Balaban J connectivity index is 0.00000192. The van der Waals surface area contributed by atoms with Crippen molar-refractivity contribution in [2.24, 2.45) is 0 Å². The minimum absolute atomic E-state index is 0. The van der Waals surface area contributed by atoms with E-state index in [1.54, 1.807) is 23.7 Å². The number of nitro benzene ring substituents is 1. The van der Waals surface area contributed by atoms with Gasteiger partial charge in [-0.1, -0.05) is 0 Å². The van der Waals surface area contributed by atoms with Crippen molar-refractivity contribution >= 4 is 57.1 Å². The Hall–Kier alpha value is -2.71. The summed E-state index contributed by atoms with van der Waals surface area (Å²) in [4.78, 5) is 26.9. The lowest BCUT2D eigenvalue weighted by Gasteiger charge is -2.19. The summed E-state index contributed by atoms with van der Waals surface area (Å²) in [5, 5.41) is 20.1. The quantitative estimate of drug-likeness (QED) is 0.555. The molecule has 0 saturated heterocycles. The number of fused-ring (bicyclic) bond motifs is 1. The van der Waals surface area contributed by atoms with E-state index in [0.29, 0.717) is 11.4 Å². The van der Waals surface area contributed by atoms with Crippen molar-refractivity contribution in [1.82, 2.24) is 4.98 Å². The van der Waals surface area contributed by atoms with Gasteiger partial charge in [0.05, 0.1) is 32.0 Å². The maximum Gasteiger partial charge on any atom is 0.416 e. The molecule has 23 heavy (non-hydrogen) atoms. The van der Waals surface area contributed by atoms with E-state index in [9.17, 15) is 20.0 Å². The van der Waals surface area contributed by atoms with Gasteiger partial charge < -0.3 is 5.11 Å². The van der Waals surface area contributed by atoms with Crippen LogP contribution in [-0.4, -0.2) is 21.1 Å². The van der Waals surface area contributed by atoms with Crippen LogP contribution >= 0.6 is 23.7 Å². The number of anilines is 2. The van der Waals surface area contributed by atoms with Gasteiger partial charge in [-0.05, 0) is 30.3 Å². The van der Waals surface area contributed by atoms with Gasteiger partial charge >= 0.3 is 6.09 Å². The van der Waals surface area contributed by atoms with Crippen LogP contribution in [0.1, 0.15) is 0 Å². The van der Waals surface area contributed by atoms with Crippen LogP contribution in [0.25, 0.3) is 10.2 Å². The Morgan fingerprint density at radius 2 is 1.83 bits per heavy atom. The van der Waals surface area contributed by atoms with Crippen LogP contribution < -0.4 is 4.90 Å². The van der Waals surface area contributed by atoms with Gasteiger partial charge in [-0.3, -0.25) is 10.1 Å². The van der Waals surface area contributed by atoms with Crippen LogP contribution in [0.4, 0.5) is 21.9 Å². The number of non-ortho nitro benzene ring substituents is 1. The van der Waals surface area contributed by atoms with E-state index >= 15 is 0 Å². The van der Waals surface area contributed by atoms with E-state index in [1.807, 2.05) is 0 Å². The summed E-state index contributed by atoms with van der Waals surface area (Å²) in [5.41, 5.74) is 3.18. The van der Waals surface area contributed by atoms with Gasteiger partial charge in [0.1, 0.15) is 0 Å². The van der Waals surface area contributed by atoms with Crippen LogP contribution in [0.5, 0.6) is 0 Å². The summed E-state index contributed by atoms with van der Waals surface area (Å²) in [6, 6.07) is 10.5. The van der Waals surface area contributed by atoms with E-state index in [0.717, 1.165) is 15.1 Å². The lowest BCUT2D eigenvalue weighted by atomic mass is 10.2. The molecule has 1 amide bonds. The monoisotopic (exact) mass is 351 g/mol. The molecule has 0 fully saturated rings. The van der Waals surface area contributed by atoms with Gasteiger partial charge in [0.25, 0.3) is 5.69 Å². The van der Waals surface area contributed by atoms with Crippen molar-refractivity contribution in [3.05, 3.63) is 58.1 Å². The van der Waals surface area contributed by atoms with E-state index in [-0.39, 0.29) is 18.1 Å². The predicted molar refractivity (Wildman–Crippen MR) is 90.1 cm³/mol. The molecule has 0 aliphatic carbocycles. The normalized spacial score (nSPS) is 10.1. The molecule has 2 aromatic carbocycles. The first-order valence-electron chi connectivity index (χ1n) is 6.17. The molecule has 1 aromatic heterocycles. The molecule has 0 unspecified atom stereocenters. The highest BCUT2D eigenvalue weighted by atomic mass is 35.5. The average Bonchev–Trinajstić information content (AvgIpc) is 2.95. The number of aromatic nitrogens is 1. The summed E-state index contributed by atoms with van der Waals surface area (Å²) in [6.45, 7) is 0.